The molecule has 0 bridgehead atoms. The molecule has 2 aliphatic rings. The van der Waals surface area contributed by atoms with Gasteiger partial charge in [-0.15, -0.1) is 0 Å². The van der Waals surface area contributed by atoms with Gasteiger partial charge in [0.05, 0.1) is 17.9 Å². The van der Waals surface area contributed by atoms with Crippen LogP contribution in [0.15, 0.2) is 41.2 Å². The van der Waals surface area contributed by atoms with Gasteiger partial charge in [0.2, 0.25) is 0 Å². The van der Waals surface area contributed by atoms with E-state index in [9.17, 15) is 14.4 Å². The van der Waals surface area contributed by atoms with E-state index in [0.717, 1.165) is 30.9 Å². The highest BCUT2D eigenvalue weighted by atomic mass is 32.2. The van der Waals surface area contributed by atoms with Crippen LogP contribution in [0.2, 0.25) is 0 Å². The van der Waals surface area contributed by atoms with Crippen molar-refractivity contribution in [1.82, 2.24) is 10.2 Å². The maximum absolute atomic E-state index is 12.3. The second-order valence-corrected chi connectivity index (χ2v) is 8.24. The van der Waals surface area contributed by atoms with Crippen molar-refractivity contribution in [3.05, 3.63) is 47.3 Å². The number of carbonyl (C=O) groups excluding carboxylic acids is 3. The van der Waals surface area contributed by atoms with Gasteiger partial charge in [0.25, 0.3) is 5.91 Å². The van der Waals surface area contributed by atoms with E-state index >= 15 is 0 Å². The molecule has 1 unspecified atom stereocenters. The van der Waals surface area contributed by atoms with Gasteiger partial charge in [-0.1, -0.05) is 18.2 Å². The van der Waals surface area contributed by atoms with Crippen molar-refractivity contribution in [3.63, 3.8) is 0 Å². The van der Waals surface area contributed by atoms with Gasteiger partial charge in [0.15, 0.2) is 11.3 Å². The fourth-order valence-corrected chi connectivity index (χ4v) is 3.73. The van der Waals surface area contributed by atoms with Crippen LogP contribution in [0.3, 0.4) is 0 Å². The Balaban J connectivity index is 1.59. The number of nitrogens with one attached hydrogen (secondary N) is 3. The minimum atomic E-state index is -0.785. The van der Waals surface area contributed by atoms with Gasteiger partial charge < -0.3 is 15.0 Å². The molecule has 1 heterocycles. The van der Waals surface area contributed by atoms with Gasteiger partial charge in [-0.2, -0.15) is 0 Å². The highest BCUT2D eigenvalue weighted by molar-refractivity contribution is 8.28. The van der Waals surface area contributed by atoms with Gasteiger partial charge >= 0.3 is 0 Å². The summed E-state index contributed by atoms with van der Waals surface area (Å²) in [6.45, 7) is 0. The fourth-order valence-electron chi connectivity index (χ4n) is 3.14. The van der Waals surface area contributed by atoms with E-state index in [1.807, 2.05) is 18.2 Å². The molecule has 9 heteroatoms. The van der Waals surface area contributed by atoms with Crippen LogP contribution < -0.4 is 5.32 Å². The summed E-state index contributed by atoms with van der Waals surface area (Å²) in [5.41, 5.74) is 1.74. The Kier molecular flexibility index (Phi) is 6.94. The van der Waals surface area contributed by atoms with Crippen molar-refractivity contribution in [3.8, 4) is 0 Å². The van der Waals surface area contributed by atoms with Crippen LogP contribution in [0.25, 0.3) is 0 Å². The third-order valence-electron chi connectivity index (χ3n) is 5.07. The van der Waals surface area contributed by atoms with E-state index in [1.165, 1.54) is 11.8 Å². The van der Waals surface area contributed by atoms with E-state index in [-0.39, 0.29) is 16.8 Å². The fraction of sp³-hybridized carbons (Fsp3) is 0.333. The summed E-state index contributed by atoms with van der Waals surface area (Å²) in [7, 11) is 1.74. The van der Waals surface area contributed by atoms with Crippen molar-refractivity contribution < 1.29 is 14.4 Å². The number of aliphatic imine (C=N–C) groups is 1. The van der Waals surface area contributed by atoms with Crippen LogP contribution in [-0.4, -0.2) is 52.4 Å². The topological polar surface area (TPSA) is 127 Å². The second kappa shape index (κ2) is 9.62. The van der Waals surface area contributed by atoms with Crippen molar-refractivity contribution in [2.75, 3.05) is 7.05 Å². The molecule has 1 amide bonds. The summed E-state index contributed by atoms with van der Waals surface area (Å²) in [6.07, 6.45) is 6.06. The number of amidine groups is 1. The minimum absolute atomic E-state index is 0.0944. The lowest BCUT2D eigenvalue weighted by Crippen LogP contribution is -2.30. The third-order valence-corrected chi connectivity index (χ3v) is 5.90. The van der Waals surface area contributed by atoms with E-state index in [2.05, 4.69) is 10.3 Å². The minimum Gasteiger partial charge on any atom is -0.353 e. The Labute approximate surface area is 178 Å². The molecule has 3 rings (SSSR count). The van der Waals surface area contributed by atoms with Crippen LogP contribution >= 0.6 is 11.8 Å². The second-order valence-electron chi connectivity index (χ2n) is 7.21. The molecule has 1 atom stereocenters. The van der Waals surface area contributed by atoms with E-state index in [0.29, 0.717) is 36.4 Å². The summed E-state index contributed by atoms with van der Waals surface area (Å²) < 4.78 is 0. The lowest BCUT2D eigenvalue weighted by atomic mass is 10.1. The monoisotopic (exact) mass is 425 g/mol. The van der Waals surface area contributed by atoms with E-state index in [4.69, 9.17) is 10.8 Å². The predicted octanol–water partition coefficient (Wildman–Crippen LogP) is 2.45. The normalized spacial score (nSPS) is 20.2. The SMILES string of the molecule is CN1C(=N/C=C(\C=O)NC(=O)C(=N)SC(=N)c2cccc(C3CC3)c2)CCC1C=O. The summed E-state index contributed by atoms with van der Waals surface area (Å²) in [5, 5.41) is 18.2. The summed E-state index contributed by atoms with van der Waals surface area (Å²) in [4.78, 5) is 40.4. The summed E-state index contributed by atoms with van der Waals surface area (Å²) in [6, 6.07) is 7.38. The molecule has 1 aromatic carbocycles. The van der Waals surface area contributed by atoms with Gasteiger partial charge in [-0.3, -0.25) is 20.4 Å². The number of thioether (sulfide) groups is 1. The van der Waals surface area contributed by atoms with Gasteiger partial charge in [0.1, 0.15) is 17.2 Å². The smallest absolute Gasteiger partial charge is 0.280 e. The quantitative estimate of drug-likeness (QED) is 0.279. The average molecular weight is 426 g/mol. The van der Waals surface area contributed by atoms with E-state index in [1.54, 1.807) is 18.0 Å². The van der Waals surface area contributed by atoms with Gasteiger partial charge in [-0.05, 0) is 48.6 Å². The summed E-state index contributed by atoms with van der Waals surface area (Å²) in [5.74, 6) is 0.405. The first-order valence-corrected chi connectivity index (χ1v) is 10.4. The molecule has 0 aromatic heterocycles. The number of allylic oxidation sites excluding steroid dienone is 1. The van der Waals surface area contributed by atoms with Crippen molar-refractivity contribution in [1.29, 1.82) is 10.8 Å². The molecule has 8 nitrogen and oxygen atoms in total. The molecule has 0 radical (unpaired) electrons. The van der Waals surface area contributed by atoms with Crippen molar-refractivity contribution >= 4 is 46.2 Å². The molecule has 1 aliphatic heterocycles. The first kappa shape index (κ1) is 21.6. The molecule has 1 aliphatic carbocycles. The third kappa shape index (κ3) is 5.29. The number of likely N-dealkylation sites (N-methyl/N-ethyl adjacent to an activating group) is 1. The van der Waals surface area contributed by atoms with Crippen molar-refractivity contribution in [2.45, 2.75) is 37.6 Å². The number of aldehydes is 2. The highest BCUT2D eigenvalue weighted by Gasteiger charge is 2.25. The Morgan fingerprint density at radius 1 is 1.27 bits per heavy atom. The van der Waals surface area contributed by atoms with Gasteiger partial charge in [-0.25, -0.2) is 4.99 Å². The molecule has 1 saturated heterocycles. The number of rotatable bonds is 6. The molecule has 1 saturated carbocycles. The zero-order chi connectivity index (χ0) is 21.7. The average Bonchev–Trinajstić information content (AvgIpc) is 3.54. The lowest BCUT2D eigenvalue weighted by Gasteiger charge is -2.16. The van der Waals surface area contributed by atoms with Crippen LogP contribution in [0, 0.1) is 10.8 Å². The Hall–Kier alpha value is -3.07. The molecule has 3 N–H and O–H groups in total. The molecule has 30 heavy (non-hydrogen) atoms. The van der Waals surface area contributed by atoms with Crippen LogP contribution in [-0.2, 0) is 14.4 Å². The highest BCUT2D eigenvalue weighted by Crippen LogP contribution is 2.40. The Bertz CT molecular complexity index is 952. The van der Waals surface area contributed by atoms with Crippen LogP contribution in [0.4, 0.5) is 0 Å². The zero-order valence-electron chi connectivity index (χ0n) is 16.6. The number of amides is 1. The molecular formula is C21H23N5O3S. The number of hydrogen-bond acceptors (Lipinski definition) is 7. The maximum Gasteiger partial charge on any atom is 0.280 e. The van der Waals surface area contributed by atoms with Crippen LogP contribution in [0.1, 0.15) is 42.7 Å². The zero-order valence-corrected chi connectivity index (χ0v) is 17.4. The standard InChI is InChI=1S/C21H23N5O3S/c1-26-17(12-28)7-8-18(26)24-10-16(11-27)25-21(29)20(23)30-19(22)15-4-2-3-14(9-15)13-5-6-13/h2-4,9-13,17,22-23H,5-8H2,1H3,(H,25,29)/b16-10+,22-19?,23-20?,24-18?. The number of benzene rings is 1. The summed E-state index contributed by atoms with van der Waals surface area (Å²) >= 11 is 0.730. The predicted molar refractivity (Wildman–Crippen MR) is 117 cm³/mol. The van der Waals surface area contributed by atoms with Gasteiger partial charge in [0, 0.05) is 19.0 Å². The first-order valence-electron chi connectivity index (χ1n) is 9.59. The largest absolute Gasteiger partial charge is 0.353 e. The molecule has 1 aromatic rings. The number of carbonyl (C=O) groups is 3. The molecule has 2 fully saturated rings. The molecule has 156 valence electrons. The maximum atomic E-state index is 12.3. The molecular weight excluding hydrogens is 402 g/mol. The number of likely N-dealkylation sites (tertiary alicyclic amines) is 1. The Morgan fingerprint density at radius 3 is 2.67 bits per heavy atom. The number of nitrogens with zero attached hydrogens (tertiary/aromatic N) is 2. The van der Waals surface area contributed by atoms with Crippen LogP contribution in [0.5, 0.6) is 0 Å². The number of hydrogen-bond donors (Lipinski definition) is 3. The van der Waals surface area contributed by atoms with Crippen molar-refractivity contribution in [2.24, 2.45) is 4.99 Å². The lowest BCUT2D eigenvalue weighted by molar-refractivity contribution is -0.115. The molecule has 0 spiro atoms. The Morgan fingerprint density at radius 2 is 2.03 bits per heavy atom. The van der Waals surface area contributed by atoms with E-state index < -0.39 is 11.0 Å². The first-order chi connectivity index (χ1) is 14.4.